The summed E-state index contributed by atoms with van der Waals surface area (Å²) in [5.74, 6) is 0.732. The molecule has 0 fully saturated rings. The summed E-state index contributed by atoms with van der Waals surface area (Å²) in [6.45, 7) is 2.14. The monoisotopic (exact) mass is 471 g/mol. The first kappa shape index (κ1) is 24.1. The fourth-order valence-electron chi connectivity index (χ4n) is 3.95. The molecule has 0 bridgehead atoms. The van der Waals surface area contributed by atoms with Crippen molar-refractivity contribution in [3.63, 3.8) is 0 Å². The molecule has 0 spiro atoms. The minimum absolute atomic E-state index is 0.178. The minimum Gasteiger partial charge on any atom is -0.481 e. The summed E-state index contributed by atoms with van der Waals surface area (Å²) >= 11 is 0. The molecule has 8 heteroatoms. The zero-order chi connectivity index (χ0) is 24.6. The predicted molar refractivity (Wildman–Crippen MR) is 134 cm³/mol. The highest BCUT2D eigenvalue weighted by atomic mass is 16.5. The zero-order valence-corrected chi connectivity index (χ0v) is 20.2. The molecule has 4 heterocycles. The molecule has 1 atom stereocenters. The molecule has 0 aliphatic carbocycles. The number of carbonyl (C=O) groups is 1. The van der Waals surface area contributed by atoms with Crippen molar-refractivity contribution in [2.45, 2.75) is 32.1 Å². The van der Waals surface area contributed by atoms with Crippen molar-refractivity contribution < 1.29 is 14.3 Å². The summed E-state index contributed by atoms with van der Waals surface area (Å²) in [7, 11) is 3.52. The first-order valence-corrected chi connectivity index (χ1v) is 11.6. The van der Waals surface area contributed by atoms with Crippen LogP contribution in [0.3, 0.4) is 0 Å². The lowest BCUT2D eigenvalue weighted by Crippen LogP contribution is -2.15. The Kier molecular flexibility index (Phi) is 7.82. The fraction of sp³-hybridized carbons (Fsp3) is 0.296. The number of carbonyl (C=O) groups excluding carboxylic acids is 1. The molecule has 0 saturated carbocycles. The van der Waals surface area contributed by atoms with Crippen LogP contribution in [0.4, 0.5) is 0 Å². The number of aromatic nitrogens is 5. The Morgan fingerprint density at radius 1 is 1.11 bits per heavy atom. The number of imidazole rings is 1. The van der Waals surface area contributed by atoms with Gasteiger partial charge in [0.2, 0.25) is 5.88 Å². The molecule has 0 radical (unpaired) electrons. The Labute approximate surface area is 204 Å². The third-order valence-electron chi connectivity index (χ3n) is 5.80. The van der Waals surface area contributed by atoms with Gasteiger partial charge in [-0.2, -0.15) is 0 Å². The lowest BCUT2D eigenvalue weighted by molar-refractivity contribution is -0.143. The molecule has 1 unspecified atom stereocenters. The summed E-state index contributed by atoms with van der Waals surface area (Å²) in [6.07, 6.45) is 11.3. The van der Waals surface area contributed by atoms with Crippen LogP contribution in [-0.2, 0) is 23.0 Å². The highest BCUT2D eigenvalue weighted by Crippen LogP contribution is 2.29. The summed E-state index contributed by atoms with van der Waals surface area (Å²) in [6, 6.07) is 11.7. The number of aryl methyl sites for hydroxylation is 1. The van der Waals surface area contributed by atoms with Gasteiger partial charge in [-0.15, -0.1) is 0 Å². The van der Waals surface area contributed by atoms with Gasteiger partial charge in [-0.1, -0.05) is 12.1 Å². The molecule has 0 saturated heterocycles. The van der Waals surface area contributed by atoms with Gasteiger partial charge in [-0.05, 0) is 55.7 Å². The highest BCUT2D eigenvalue weighted by molar-refractivity contribution is 5.74. The second-order valence-electron chi connectivity index (χ2n) is 8.09. The molecule has 0 aliphatic heterocycles. The van der Waals surface area contributed by atoms with E-state index >= 15 is 0 Å². The maximum Gasteiger partial charge on any atom is 0.306 e. The molecule has 0 aliphatic rings. The van der Waals surface area contributed by atoms with Crippen LogP contribution in [0, 0.1) is 0 Å². The number of hydrogen-bond donors (Lipinski definition) is 0. The average molecular weight is 472 g/mol. The van der Waals surface area contributed by atoms with Crippen molar-refractivity contribution in [3.8, 4) is 5.88 Å². The van der Waals surface area contributed by atoms with E-state index in [1.54, 1.807) is 32.5 Å². The van der Waals surface area contributed by atoms with Gasteiger partial charge >= 0.3 is 5.97 Å². The van der Waals surface area contributed by atoms with Gasteiger partial charge in [0.15, 0.2) is 5.65 Å². The minimum atomic E-state index is -0.283. The SMILES string of the molecule is CCOC(=O)CC(c1ccc(OC)nc1)c1ncc(/C=C/CCc2ccc3cccnc3n2)n1C. The first-order valence-electron chi connectivity index (χ1n) is 11.6. The summed E-state index contributed by atoms with van der Waals surface area (Å²) in [5.41, 5.74) is 3.60. The number of hydrogen-bond acceptors (Lipinski definition) is 7. The number of esters is 1. The Balaban J connectivity index is 1.48. The van der Waals surface area contributed by atoms with Crippen molar-refractivity contribution in [2.24, 2.45) is 7.05 Å². The molecule has 35 heavy (non-hydrogen) atoms. The smallest absolute Gasteiger partial charge is 0.306 e. The predicted octanol–water partition coefficient (Wildman–Crippen LogP) is 4.50. The molecular formula is C27H29N5O3. The topological polar surface area (TPSA) is 92.0 Å². The van der Waals surface area contributed by atoms with Crippen LogP contribution in [0.2, 0.25) is 0 Å². The van der Waals surface area contributed by atoms with E-state index in [0.717, 1.165) is 46.7 Å². The Hall–Kier alpha value is -4.07. The largest absolute Gasteiger partial charge is 0.481 e. The van der Waals surface area contributed by atoms with E-state index in [9.17, 15) is 4.79 Å². The van der Waals surface area contributed by atoms with E-state index in [0.29, 0.717) is 12.5 Å². The summed E-state index contributed by atoms with van der Waals surface area (Å²) in [5, 5.41) is 1.04. The average Bonchev–Trinajstić information content (AvgIpc) is 3.25. The standard InChI is InChI=1S/C27H29N5O3/c1-4-35-25(33)16-23(20-12-14-24(34-3)29-17-20)27-30-18-22(32(27)2)10-6-5-9-21-13-11-19-8-7-15-28-26(19)31-21/h6-8,10-15,17-18,23H,4-5,9,16H2,1-3H3/b10-6+. The number of ether oxygens (including phenoxy) is 2. The molecule has 4 aromatic rings. The van der Waals surface area contributed by atoms with Gasteiger partial charge in [0.05, 0.1) is 37.9 Å². The van der Waals surface area contributed by atoms with Crippen molar-refractivity contribution >= 4 is 23.1 Å². The maximum atomic E-state index is 12.3. The van der Waals surface area contributed by atoms with E-state index in [1.165, 1.54) is 0 Å². The van der Waals surface area contributed by atoms with E-state index in [-0.39, 0.29) is 18.3 Å². The van der Waals surface area contributed by atoms with Gasteiger partial charge in [0.25, 0.3) is 0 Å². The molecule has 180 valence electrons. The number of methoxy groups -OCH3 is 1. The molecule has 0 N–H and O–H groups in total. The molecule has 0 amide bonds. The highest BCUT2D eigenvalue weighted by Gasteiger charge is 2.24. The summed E-state index contributed by atoms with van der Waals surface area (Å²) in [4.78, 5) is 30.3. The summed E-state index contributed by atoms with van der Waals surface area (Å²) < 4.78 is 12.4. The van der Waals surface area contributed by atoms with Crippen molar-refractivity contribution in [1.29, 1.82) is 0 Å². The fourth-order valence-corrected chi connectivity index (χ4v) is 3.95. The van der Waals surface area contributed by atoms with E-state index in [4.69, 9.17) is 9.47 Å². The third kappa shape index (κ3) is 5.90. The molecule has 8 nitrogen and oxygen atoms in total. The lowest BCUT2D eigenvalue weighted by Gasteiger charge is -2.17. The van der Waals surface area contributed by atoms with Gasteiger partial charge in [-0.25, -0.2) is 19.9 Å². The van der Waals surface area contributed by atoms with Crippen LogP contribution in [0.1, 0.15) is 48.5 Å². The molecule has 0 aromatic carbocycles. The van der Waals surface area contributed by atoms with Gasteiger partial charge in [-0.3, -0.25) is 4.79 Å². The maximum absolute atomic E-state index is 12.3. The number of fused-ring (bicyclic) bond motifs is 1. The van der Waals surface area contributed by atoms with Crippen LogP contribution in [0.15, 0.2) is 61.1 Å². The quantitative estimate of drug-likeness (QED) is 0.315. The molecular weight excluding hydrogens is 442 g/mol. The van der Waals surface area contributed by atoms with Crippen LogP contribution in [0.5, 0.6) is 5.88 Å². The number of pyridine rings is 3. The third-order valence-corrected chi connectivity index (χ3v) is 5.80. The number of nitrogens with zero attached hydrogens (tertiary/aromatic N) is 5. The second kappa shape index (κ2) is 11.4. The van der Waals surface area contributed by atoms with E-state index < -0.39 is 0 Å². The van der Waals surface area contributed by atoms with E-state index in [1.807, 2.05) is 48.2 Å². The van der Waals surface area contributed by atoms with Crippen LogP contribution in [0.25, 0.3) is 17.1 Å². The Morgan fingerprint density at radius 3 is 2.77 bits per heavy atom. The molecule has 4 rings (SSSR count). The normalized spacial score (nSPS) is 12.2. The second-order valence-corrected chi connectivity index (χ2v) is 8.09. The Bertz CT molecular complexity index is 1310. The van der Waals surface area contributed by atoms with Crippen molar-refractivity contribution in [1.82, 2.24) is 24.5 Å². The first-order chi connectivity index (χ1) is 17.1. The van der Waals surface area contributed by atoms with Gasteiger partial charge in [0, 0.05) is 36.6 Å². The van der Waals surface area contributed by atoms with Crippen LogP contribution >= 0.6 is 0 Å². The van der Waals surface area contributed by atoms with Gasteiger partial charge < -0.3 is 14.0 Å². The Morgan fingerprint density at radius 2 is 2.00 bits per heavy atom. The number of rotatable bonds is 10. The van der Waals surface area contributed by atoms with Crippen LogP contribution < -0.4 is 4.74 Å². The van der Waals surface area contributed by atoms with Crippen molar-refractivity contribution in [2.75, 3.05) is 13.7 Å². The lowest BCUT2D eigenvalue weighted by atomic mass is 9.96. The van der Waals surface area contributed by atoms with E-state index in [2.05, 4.69) is 32.1 Å². The number of allylic oxidation sites excluding steroid dienone is 1. The van der Waals surface area contributed by atoms with Gasteiger partial charge in [0.1, 0.15) is 5.82 Å². The zero-order valence-electron chi connectivity index (χ0n) is 20.2. The van der Waals surface area contributed by atoms with Crippen LogP contribution in [-0.4, -0.2) is 44.2 Å². The van der Waals surface area contributed by atoms with Crippen molar-refractivity contribution in [3.05, 3.63) is 83.8 Å². The molecule has 4 aromatic heterocycles.